The first kappa shape index (κ1) is 13.9. The van der Waals surface area contributed by atoms with Crippen molar-refractivity contribution >= 4 is 17.6 Å². The molecule has 2 heterocycles. The number of carbonyl (C=O) groups excluding carboxylic acids is 1. The van der Waals surface area contributed by atoms with Gasteiger partial charge in [-0.15, -0.1) is 0 Å². The number of aryl methyl sites for hydroxylation is 1. The number of fused-ring (bicyclic) bond motifs is 1. The van der Waals surface area contributed by atoms with Crippen molar-refractivity contribution in [3.05, 3.63) is 47.0 Å². The van der Waals surface area contributed by atoms with Crippen molar-refractivity contribution in [2.24, 2.45) is 0 Å². The molecule has 0 aliphatic carbocycles. The summed E-state index contributed by atoms with van der Waals surface area (Å²) in [6, 6.07) is 7.34. The lowest BCUT2D eigenvalue weighted by Gasteiger charge is -2.23. The van der Waals surface area contributed by atoms with Crippen molar-refractivity contribution in [1.82, 2.24) is 25.4 Å². The molecular weight excluding hydrogens is 290 g/mol. The second-order valence-electron chi connectivity index (χ2n) is 5.05. The molecule has 1 aliphatic rings. The Bertz CT molecular complexity index is 642. The molecule has 2 N–H and O–H groups in total. The first-order valence-electron chi connectivity index (χ1n) is 6.86. The molecule has 1 aliphatic heterocycles. The third-order valence-corrected chi connectivity index (χ3v) is 3.72. The van der Waals surface area contributed by atoms with Crippen LogP contribution in [0.15, 0.2) is 30.6 Å². The summed E-state index contributed by atoms with van der Waals surface area (Å²) in [6.45, 7) is 1.12. The van der Waals surface area contributed by atoms with Crippen LogP contribution < -0.4 is 10.6 Å². The van der Waals surface area contributed by atoms with Crippen LogP contribution in [0.4, 0.5) is 4.79 Å². The van der Waals surface area contributed by atoms with Crippen LogP contribution in [0.1, 0.15) is 17.8 Å². The number of hydrogen-bond donors (Lipinski definition) is 2. The van der Waals surface area contributed by atoms with Crippen LogP contribution in [0.2, 0.25) is 5.02 Å². The number of amides is 2. The highest BCUT2D eigenvalue weighted by Crippen LogP contribution is 2.12. The van der Waals surface area contributed by atoms with E-state index in [1.165, 1.54) is 0 Å². The van der Waals surface area contributed by atoms with Crippen molar-refractivity contribution in [3.8, 4) is 0 Å². The van der Waals surface area contributed by atoms with E-state index >= 15 is 0 Å². The lowest BCUT2D eigenvalue weighted by atomic mass is 10.1. The molecule has 0 bridgehead atoms. The van der Waals surface area contributed by atoms with E-state index in [9.17, 15) is 4.79 Å². The summed E-state index contributed by atoms with van der Waals surface area (Å²) in [6.07, 6.45) is 3.26. The van der Waals surface area contributed by atoms with Crippen molar-refractivity contribution in [2.75, 3.05) is 0 Å². The second-order valence-corrected chi connectivity index (χ2v) is 5.49. The number of hydrogen-bond acceptors (Lipinski definition) is 3. The molecule has 0 saturated heterocycles. The van der Waals surface area contributed by atoms with Gasteiger partial charge < -0.3 is 10.6 Å². The van der Waals surface area contributed by atoms with Crippen molar-refractivity contribution in [3.63, 3.8) is 0 Å². The molecule has 1 aromatic carbocycles. The van der Waals surface area contributed by atoms with E-state index in [-0.39, 0.29) is 12.1 Å². The molecule has 7 heteroatoms. The zero-order valence-corrected chi connectivity index (χ0v) is 12.2. The minimum atomic E-state index is -0.177. The molecule has 2 amide bonds. The summed E-state index contributed by atoms with van der Waals surface area (Å²) in [5.41, 5.74) is 0.972. The van der Waals surface area contributed by atoms with E-state index in [4.69, 9.17) is 11.6 Å². The van der Waals surface area contributed by atoms with Gasteiger partial charge in [-0.2, -0.15) is 5.10 Å². The van der Waals surface area contributed by atoms with E-state index in [0.717, 1.165) is 24.2 Å². The van der Waals surface area contributed by atoms with E-state index in [2.05, 4.69) is 20.7 Å². The molecule has 1 unspecified atom stereocenters. The molecule has 0 saturated carbocycles. The second kappa shape index (κ2) is 6.13. The Morgan fingerprint density at radius 3 is 3.24 bits per heavy atom. The smallest absolute Gasteiger partial charge is 0.315 e. The predicted molar refractivity (Wildman–Crippen MR) is 79.0 cm³/mol. The van der Waals surface area contributed by atoms with Crippen LogP contribution in [0, 0.1) is 0 Å². The summed E-state index contributed by atoms with van der Waals surface area (Å²) in [7, 11) is 0. The molecular formula is C14H16ClN5O. The molecule has 2 aromatic rings. The fourth-order valence-electron chi connectivity index (χ4n) is 2.42. The Kier molecular flexibility index (Phi) is 4.06. The fraction of sp³-hybridized carbons (Fsp3) is 0.357. The summed E-state index contributed by atoms with van der Waals surface area (Å²) >= 11 is 5.91. The highest BCUT2D eigenvalue weighted by Gasteiger charge is 2.20. The van der Waals surface area contributed by atoms with E-state index < -0.39 is 0 Å². The number of aromatic nitrogens is 3. The third-order valence-electron chi connectivity index (χ3n) is 3.48. The van der Waals surface area contributed by atoms with E-state index in [1.807, 2.05) is 28.9 Å². The lowest BCUT2D eigenvalue weighted by Crippen LogP contribution is -2.45. The summed E-state index contributed by atoms with van der Waals surface area (Å²) in [4.78, 5) is 16.1. The van der Waals surface area contributed by atoms with Crippen LogP contribution in [-0.4, -0.2) is 26.8 Å². The highest BCUT2D eigenvalue weighted by atomic mass is 35.5. The van der Waals surface area contributed by atoms with E-state index in [0.29, 0.717) is 18.1 Å². The first-order valence-corrected chi connectivity index (χ1v) is 7.24. The molecule has 0 fully saturated rings. The van der Waals surface area contributed by atoms with Gasteiger partial charge in [0.05, 0.1) is 12.6 Å². The maximum Gasteiger partial charge on any atom is 0.315 e. The van der Waals surface area contributed by atoms with Gasteiger partial charge in [0, 0.05) is 18.0 Å². The van der Waals surface area contributed by atoms with E-state index in [1.54, 1.807) is 6.33 Å². The van der Waals surface area contributed by atoms with Gasteiger partial charge in [-0.05, 0) is 24.1 Å². The average molecular weight is 306 g/mol. The number of rotatable bonds is 3. The molecule has 0 spiro atoms. The Morgan fingerprint density at radius 1 is 1.48 bits per heavy atom. The fourth-order valence-corrected chi connectivity index (χ4v) is 2.63. The van der Waals surface area contributed by atoms with Crippen molar-refractivity contribution in [2.45, 2.75) is 32.0 Å². The molecule has 21 heavy (non-hydrogen) atoms. The molecule has 110 valence electrons. The predicted octanol–water partition coefficient (Wildman–Crippen LogP) is 1.75. The summed E-state index contributed by atoms with van der Waals surface area (Å²) < 4.78 is 1.84. The Balaban J connectivity index is 1.49. The quantitative estimate of drug-likeness (QED) is 0.907. The number of nitrogens with one attached hydrogen (secondary N) is 2. The summed E-state index contributed by atoms with van der Waals surface area (Å²) in [5.74, 6) is 0.979. The first-order chi connectivity index (χ1) is 10.2. The van der Waals surface area contributed by atoms with Gasteiger partial charge in [0.15, 0.2) is 0 Å². The SMILES string of the molecule is O=C(NCc1cccc(Cl)c1)NC1CCc2ncnn2C1. The largest absolute Gasteiger partial charge is 0.334 e. The molecule has 3 rings (SSSR count). The summed E-state index contributed by atoms with van der Waals surface area (Å²) in [5, 5.41) is 10.6. The number of carbonyl (C=O) groups is 1. The van der Waals surface area contributed by atoms with Crippen LogP contribution >= 0.6 is 11.6 Å². The number of benzene rings is 1. The van der Waals surface area contributed by atoms with Crippen molar-refractivity contribution in [1.29, 1.82) is 0 Å². The standard InChI is InChI=1S/C14H16ClN5O/c15-11-3-1-2-10(6-11)7-16-14(21)19-12-4-5-13-17-9-18-20(13)8-12/h1-3,6,9,12H,4-5,7-8H2,(H2,16,19,21). The number of urea groups is 1. The maximum absolute atomic E-state index is 11.9. The van der Waals surface area contributed by atoms with Gasteiger partial charge in [0.25, 0.3) is 0 Å². The molecule has 1 aromatic heterocycles. The van der Waals surface area contributed by atoms with Crippen LogP contribution in [0.25, 0.3) is 0 Å². The number of halogens is 1. The zero-order valence-electron chi connectivity index (χ0n) is 11.4. The van der Waals surface area contributed by atoms with Gasteiger partial charge in [-0.3, -0.25) is 0 Å². The van der Waals surface area contributed by atoms with Gasteiger partial charge in [0.1, 0.15) is 12.2 Å². The average Bonchev–Trinajstić information content (AvgIpc) is 2.93. The zero-order chi connectivity index (χ0) is 14.7. The minimum Gasteiger partial charge on any atom is -0.334 e. The molecule has 6 nitrogen and oxygen atoms in total. The highest BCUT2D eigenvalue weighted by molar-refractivity contribution is 6.30. The Morgan fingerprint density at radius 2 is 2.38 bits per heavy atom. The van der Waals surface area contributed by atoms with Crippen molar-refractivity contribution < 1.29 is 4.79 Å². The third kappa shape index (κ3) is 3.52. The molecule has 1 atom stereocenters. The Labute approximate surface area is 127 Å². The maximum atomic E-state index is 11.9. The monoisotopic (exact) mass is 305 g/mol. The lowest BCUT2D eigenvalue weighted by molar-refractivity contribution is 0.231. The normalized spacial score (nSPS) is 17.1. The molecule has 0 radical (unpaired) electrons. The topological polar surface area (TPSA) is 71.8 Å². The van der Waals surface area contributed by atoms with Crippen LogP contribution in [0.5, 0.6) is 0 Å². The minimum absolute atomic E-state index is 0.0820. The number of nitrogens with zero attached hydrogens (tertiary/aromatic N) is 3. The van der Waals surface area contributed by atoms with Gasteiger partial charge >= 0.3 is 6.03 Å². The van der Waals surface area contributed by atoms with Crippen LogP contribution in [-0.2, 0) is 19.5 Å². The van der Waals surface area contributed by atoms with Crippen LogP contribution in [0.3, 0.4) is 0 Å². The van der Waals surface area contributed by atoms with Gasteiger partial charge in [-0.1, -0.05) is 23.7 Å². The van der Waals surface area contributed by atoms with Gasteiger partial charge in [0.2, 0.25) is 0 Å². The van der Waals surface area contributed by atoms with Gasteiger partial charge in [-0.25, -0.2) is 14.5 Å². The Hall–Kier alpha value is -2.08.